The number of carbonyl (C=O) groups excluding carboxylic acids is 2. The fraction of sp³-hybridized carbons (Fsp3) is 0.391. The molecule has 0 radical (unpaired) electrons. The molecule has 186 valence electrons. The van der Waals surface area contributed by atoms with Crippen molar-refractivity contribution in [3.63, 3.8) is 0 Å². The van der Waals surface area contributed by atoms with Crippen molar-refractivity contribution in [1.82, 2.24) is 0 Å². The SMILES string of the molecule is CN(C(=O)C(C)(C)C)c1ccc(CC(=O)Nc2ccc(C(O)(C(F)(F)F)C(F)(F)F)cc2)cc1. The van der Waals surface area contributed by atoms with Gasteiger partial charge < -0.3 is 15.3 Å². The molecule has 2 aromatic carbocycles. The van der Waals surface area contributed by atoms with E-state index in [1.165, 1.54) is 4.90 Å². The highest BCUT2D eigenvalue weighted by atomic mass is 19.4. The van der Waals surface area contributed by atoms with Crippen molar-refractivity contribution in [2.75, 3.05) is 17.3 Å². The Morgan fingerprint density at radius 3 is 1.74 bits per heavy atom. The molecule has 34 heavy (non-hydrogen) atoms. The van der Waals surface area contributed by atoms with Gasteiger partial charge in [-0.2, -0.15) is 26.3 Å². The fourth-order valence-electron chi connectivity index (χ4n) is 3.13. The van der Waals surface area contributed by atoms with E-state index in [-0.39, 0.29) is 18.0 Å². The zero-order chi connectivity index (χ0) is 26.1. The average Bonchev–Trinajstić information content (AvgIpc) is 2.70. The first-order chi connectivity index (χ1) is 15.4. The van der Waals surface area contributed by atoms with Gasteiger partial charge in [0.2, 0.25) is 11.8 Å². The Balaban J connectivity index is 2.09. The van der Waals surface area contributed by atoms with Gasteiger partial charge >= 0.3 is 12.4 Å². The summed E-state index contributed by atoms with van der Waals surface area (Å²) in [5.41, 5.74) is -5.91. The zero-order valence-electron chi connectivity index (χ0n) is 18.8. The van der Waals surface area contributed by atoms with Gasteiger partial charge in [0, 0.05) is 29.4 Å². The number of anilines is 2. The number of halogens is 6. The van der Waals surface area contributed by atoms with Crippen LogP contribution in [0.5, 0.6) is 0 Å². The third-order valence-electron chi connectivity index (χ3n) is 5.04. The van der Waals surface area contributed by atoms with Crippen LogP contribution in [0.2, 0.25) is 0 Å². The molecule has 0 bridgehead atoms. The molecular formula is C23H24F6N2O3. The summed E-state index contributed by atoms with van der Waals surface area (Å²) in [6.45, 7) is 5.34. The van der Waals surface area contributed by atoms with Gasteiger partial charge in [-0.05, 0) is 29.8 Å². The van der Waals surface area contributed by atoms with E-state index in [2.05, 4.69) is 5.32 Å². The maximum absolute atomic E-state index is 13.0. The van der Waals surface area contributed by atoms with Crippen LogP contribution >= 0.6 is 0 Å². The van der Waals surface area contributed by atoms with E-state index >= 15 is 0 Å². The zero-order valence-corrected chi connectivity index (χ0v) is 18.8. The van der Waals surface area contributed by atoms with Gasteiger partial charge in [0.05, 0.1) is 6.42 Å². The minimum absolute atomic E-state index is 0.0485. The third kappa shape index (κ3) is 5.69. The fourth-order valence-corrected chi connectivity index (χ4v) is 3.13. The van der Waals surface area contributed by atoms with Crippen LogP contribution in [0.25, 0.3) is 0 Å². The summed E-state index contributed by atoms with van der Waals surface area (Å²) in [5, 5.41) is 11.8. The van der Waals surface area contributed by atoms with E-state index in [4.69, 9.17) is 0 Å². The number of hydrogen-bond acceptors (Lipinski definition) is 3. The molecule has 0 spiro atoms. The summed E-state index contributed by atoms with van der Waals surface area (Å²) in [4.78, 5) is 26.1. The van der Waals surface area contributed by atoms with Crippen molar-refractivity contribution in [3.8, 4) is 0 Å². The lowest BCUT2D eigenvalue weighted by Crippen LogP contribution is -2.53. The summed E-state index contributed by atoms with van der Waals surface area (Å²) in [5.74, 6) is -0.675. The van der Waals surface area contributed by atoms with Crippen LogP contribution in [-0.2, 0) is 21.6 Å². The van der Waals surface area contributed by atoms with E-state index in [0.29, 0.717) is 23.4 Å². The molecule has 0 unspecified atom stereocenters. The highest BCUT2D eigenvalue weighted by molar-refractivity contribution is 5.96. The van der Waals surface area contributed by atoms with E-state index in [1.807, 2.05) is 0 Å². The van der Waals surface area contributed by atoms with Gasteiger partial charge in [-0.3, -0.25) is 9.59 Å². The predicted molar refractivity (Wildman–Crippen MR) is 114 cm³/mol. The van der Waals surface area contributed by atoms with Crippen LogP contribution in [-0.4, -0.2) is 36.3 Å². The Kier molecular flexibility index (Phi) is 7.42. The molecule has 2 N–H and O–H groups in total. The van der Waals surface area contributed by atoms with Gasteiger partial charge in [-0.1, -0.05) is 45.0 Å². The van der Waals surface area contributed by atoms with Crippen LogP contribution in [0.4, 0.5) is 37.7 Å². The number of alkyl halides is 6. The first-order valence-corrected chi connectivity index (χ1v) is 10.0. The molecule has 0 aliphatic carbocycles. The molecule has 2 aromatic rings. The highest BCUT2D eigenvalue weighted by Crippen LogP contribution is 2.50. The summed E-state index contributed by atoms with van der Waals surface area (Å²) < 4.78 is 77.7. The lowest BCUT2D eigenvalue weighted by Gasteiger charge is -2.32. The molecule has 0 fully saturated rings. The first kappa shape index (κ1) is 27.2. The van der Waals surface area contributed by atoms with Crippen LogP contribution < -0.4 is 10.2 Å². The molecule has 0 aliphatic heterocycles. The summed E-state index contributed by atoms with van der Waals surface area (Å²) in [6, 6.07) is 9.12. The number of carbonyl (C=O) groups is 2. The van der Waals surface area contributed by atoms with Gasteiger partial charge in [-0.25, -0.2) is 0 Å². The smallest absolute Gasteiger partial charge is 0.369 e. The van der Waals surface area contributed by atoms with Crippen molar-refractivity contribution >= 4 is 23.2 Å². The maximum Gasteiger partial charge on any atom is 0.430 e. The van der Waals surface area contributed by atoms with Crippen LogP contribution in [0, 0.1) is 5.41 Å². The normalized spacial score (nSPS) is 12.9. The Hall–Kier alpha value is -3.08. The summed E-state index contributed by atoms with van der Waals surface area (Å²) in [7, 11) is 1.62. The molecular weight excluding hydrogens is 466 g/mol. The highest BCUT2D eigenvalue weighted by Gasteiger charge is 2.71. The number of hydrogen-bond donors (Lipinski definition) is 2. The number of rotatable bonds is 5. The molecule has 2 rings (SSSR count). The predicted octanol–water partition coefficient (Wildman–Crippen LogP) is 5.19. The second-order valence-electron chi connectivity index (χ2n) is 8.79. The monoisotopic (exact) mass is 490 g/mol. The van der Waals surface area contributed by atoms with Crippen molar-refractivity contribution in [1.29, 1.82) is 0 Å². The van der Waals surface area contributed by atoms with Gasteiger partial charge in [0.1, 0.15) is 0 Å². The Labute approximate surface area is 192 Å². The second kappa shape index (κ2) is 9.28. The van der Waals surface area contributed by atoms with Crippen molar-refractivity contribution < 1.29 is 41.0 Å². The molecule has 0 atom stereocenters. The van der Waals surface area contributed by atoms with Crippen LogP contribution in [0.1, 0.15) is 31.9 Å². The number of amides is 2. The van der Waals surface area contributed by atoms with Crippen LogP contribution in [0.15, 0.2) is 48.5 Å². The number of benzene rings is 2. The van der Waals surface area contributed by atoms with Gasteiger partial charge in [-0.15, -0.1) is 0 Å². The van der Waals surface area contributed by atoms with Crippen molar-refractivity contribution in [3.05, 3.63) is 59.7 Å². The molecule has 0 aliphatic rings. The maximum atomic E-state index is 13.0. The summed E-state index contributed by atoms with van der Waals surface area (Å²) in [6.07, 6.45) is -12.1. The summed E-state index contributed by atoms with van der Waals surface area (Å²) >= 11 is 0. The van der Waals surface area contributed by atoms with E-state index in [1.54, 1.807) is 52.1 Å². The Bertz CT molecular complexity index is 1010. The molecule has 0 aromatic heterocycles. The van der Waals surface area contributed by atoms with Gasteiger partial charge in [0.25, 0.3) is 5.60 Å². The molecule has 5 nitrogen and oxygen atoms in total. The number of nitrogens with one attached hydrogen (secondary N) is 1. The molecule has 11 heteroatoms. The minimum atomic E-state index is -5.99. The second-order valence-corrected chi connectivity index (χ2v) is 8.79. The average molecular weight is 490 g/mol. The minimum Gasteiger partial charge on any atom is -0.369 e. The molecule has 2 amide bonds. The quantitative estimate of drug-likeness (QED) is 0.567. The Morgan fingerprint density at radius 2 is 1.32 bits per heavy atom. The molecule has 0 saturated heterocycles. The van der Waals surface area contributed by atoms with E-state index in [9.17, 15) is 41.0 Å². The lowest BCUT2D eigenvalue weighted by atomic mass is 9.92. The standard InChI is InChI=1S/C23H24F6N2O3/c1-20(2,3)19(33)31(4)17-11-5-14(6-12-17)13-18(32)30-16-9-7-15(8-10-16)21(34,22(24,25)26)23(27,28)29/h5-12,34H,13H2,1-4H3,(H,30,32). The van der Waals surface area contributed by atoms with Crippen LogP contribution in [0.3, 0.4) is 0 Å². The van der Waals surface area contributed by atoms with Crippen molar-refractivity contribution in [2.45, 2.75) is 45.1 Å². The lowest BCUT2D eigenvalue weighted by molar-refractivity contribution is -0.376. The van der Waals surface area contributed by atoms with Crippen molar-refractivity contribution in [2.24, 2.45) is 5.41 Å². The number of nitrogens with zero attached hydrogens (tertiary/aromatic N) is 1. The largest absolute Gasteiger partial charge is 0.430 e. The van der Waals surface area contributed by atoms with E-state index < -0.39 is 34.8 Å². The number of aliphatic hydroxyl groups is 1. The molecule has 0 heterocycles. The molecule has 0 saturated carbocycles. The third-order valence-corrected chi connectivity index (χ3v) is 5.04. The van der Waals surface area contributed by atoms with E-state index in [0.717, 1.165) is 12.1 Å². The Morgan fingerprint density at radius 1 is 0.853 bits per heavy atom. The van der Waals surface area contributed by atoms with Gasteiger partial charge in [0.15, 0.2) is 0 Å². The topological polar surface area (TPSA) is 69.6 Å². The first-order valence-electron chi connectivity index (χ1n) is 10.0.